The monoisotopic (exact) mass is 200 g/mol. The van der Waals surface area contributed by atoms with Gasteiger partial charge in [-0.2, -0.15) is 0 Å². The van der Waals surface area contributed by atoms with Gasteiger partial charge in [0, 0.05) is 6.92 Å². The Morgan fingerprint density at radius 1 is 1.64 bits per heavy atom. The van der Waals surface area contributed by atoms with E-state index in [1.54, 1.807) is 0 Å². The SMILES string of the molecule is CC(=O)ONC1(C)CCCC/C1=N\O. The van der Waals surface area contributed by atoms with Crippen molar-refractivity contribution in [3.05, 3.63) is 0 Å². The number of carbonyl (C=O) groups excluding carboxylic acids is 1. The van der Waals surface area contributed by atoms with Crippen molar-refractivity contribution < 1.29 is 14.8 Å². The predicted octanol–water partition coefficient (Wildman–Crippen LogP) is 1.22. The minimum Gasteiger partial charge on any atom is -0.411 e. The van der Waals surface area contributed by atoms with Gasteiger partial charge in [0.25, 0.3) is 0 Å². The second-order valence-electron chi connectivity index (χ2n) is 3.78. The molecule has 1 rings (SSSR count). The van der Waals surface area contributed by atoms with Crippen molar-refractivity contribution in [1.82, 2.24) is 5.48 Å². The number of hydroxylamine groups is 1. The molecule has 0 amide bonds. The van der Waals surface area contributed by atoms with E-state index < -0.39 is 11.5 Å². The number of hydrogen-bond acceptors (Lipinski definition) is 5. The van der Waals surface area contributed by atoms with Crippen LogP contribution in [0.15, 0.2) is 5.16 Å². The zero-order valence-electron chi connectivity index (χ0n) is 8.54. The second-order valence-corrected chi connectivity index (χ2v) is 3.78. The van der Waals surface area contributed by atoms with Crippen LogP contribution in [0.2, 0.25) is 0 Å². The maximum atomic E-state index is 10.6. The summed E-state index contributed by atoms with van der Waals surface area (Å²) in [5.41, 5.74) is 2.79. The standard InChI is InChI=1S/C9H16N2O3/c1-7(12)14-11-9(2)6-4-3-5-8(9)10-13/h11,13H,3-6H2,1-2H3/b10-8+. The Hall–Kier alpha value is -1.10. The molecule has 5 nitrogen and oxygen atoms in total. The molecule has 80 valence electrons. The Morgan fingerprint density at radius 2 is 2.36 bits per heavy atom. The summed E-state index contributed by atoms with van der Waals surface area (Å²) >= 11 is 0. The zero-order valence-corrected chi connectivity index (χ0v) is 8.54. The van der Waals surface area contributed by atoms with Gasteiger partial charge in [0.15, 0.2) is 0 Å². The maximum Gasteiger partial charge on any atom is 0.321 e. The lowest BCUT2D eigenvalue weighted by Crippen LogP contribution is -2.51. The number of carbonyl (C=O) groups is 1. The fourth-order valence-electron chi connectivity index (χ4n) is 1.65. The number of nitrogens with zero attached hydrogens (tertiary/aromatic N) is 1. The lowest BCUT2D eigenvalue weighted by molar-refractivity contribution is -0.151. The van der Waals surface area contributed by atoms with E-state index in [-0.39, 0.29) is 0 Å². The summed E-state index contributed by atoms with van der Waals surface area (Å²) in [4.78, 5) is 15.4. The lowest BCUT2D eigenvalue weighted by Gasteiger charge is -2.33. The highest BCUT2D eigenvalue weighted by atomic mass is 16.7. The maximum absolute atomic E-state index is 10.6. The van der Waals surface area contributed by atoms with Gasteiger partial charge >= 0.3 is 5.97 Å². The van der Waals surface area contributed by atoms with Crippen LogP contribution in [0.1, 0.15) is 39.5 Å². The molecule has 1 fully saturated rings. The summed E-state index contributed by atoms with van der Waals surface area (Å²) in [7, 11) is 0. The van der Waals surface area contributed by atoms with E-state index in [1.807, 2.05) is 6.92 Å². The second kappa shape index (κ2) is 4.41. The van der Waals surface area contributed by atoms with Crippen molar-refractivity contribution in [2.75, 3.05) is 0 Å². The smallest absolute Gasteiger partial charge is 0.321 e. The highest BCUT2D eigenvalue weighted by molar-refractivity contribution is 5.93. The zero-order chi connectivity index (χ0) is 10.6. The first-order valence-corrected chi connectivity index (χ1v) is 4.74. The third kappa shape index (κ3) is 2.45. The van der Waals surface area contributed by atoms with Gasteiger partial charge in [0.2, 0.25) is 0 Å². The summed E-state index contributed by atoms with van der Waals surface area (Å²) in [6.07, 6.45) is 3.58. The van der Waals surface area contributed by atoms with Crippen molar-refractivity contribution in [3.8, 4) is 0 Å². The van der Waals surface area contributed by atoms with Crippen LogP contribution in [0.3, 0.4) is 0 Å². The van der Waals surface area contributed by atoms with E-state index in [0.29, 0.717) is 5.71 Å². The molecule has 2 N–H and O–H groups in total. The molecule has 5 heteroatoms. The Labute approximate surface area is 83.1 Å². The Bertz CT molecular complexity index is 252. The normalized spacial score (nSPS) is 30.3. The van der Waals surface area contributed by atoms with Crippen LogP contribution < -0.4 is 5.48 Å². The van der Waals surface area contributed by atoms with E-state index in [2.05, 4.69) is 10.6 Å². The van der Waals surface area contributed by atoms with Crippen LogP contribution in [0.5, 0.6) is 0 Å². The van der Waals surface area contributed by atoms with E-state index >= 15 is 0 Å². The Morgan fingerprint density at radius 3 is 2.93 bits per heavy atom. The largest absolute Gasteiger partial charge is 0.411 e. The molecule has 1 atom stereocenters. The average Bonchev–Trinajstić information content (AvgIpc) is 2.16. The van der Waals surface area contributed by atoms with Crippen molar-refractivity contribution >= 4 is 11.7 Å². The van der Waals surface area contributed by atoms with Gasteiger partial charge in [-0.1, -0.05) is 11.6 Å². The molecular weight excluding hydrogens is 184 g/mol. The molecule has 1 saturated carbocycles. The minimum absolute atomic E-state index is 0.394. The van der Waals surface area contributed by atoms with E-state index in [1.165, 1.54) is 6.92 Å². The molecule has 0 radical (unpaired) electrons. The fourth-order valence-corrected chi connectivity index (χ4v) is 1.65. The fraction of sp³-hybridized carbons (Fsp3) is 0.778. The summed E-state index contributed by atoms with van der Waals surface area (Å²) in [6.45, 7) is 3.19. The number of rotatable bonds is 2. The van der Waals surface area contributed by atoms with E-state index in [9.17, 15) is 4.79 Å². The predicted molar refractivity (Wildman–Crippen MR) is 51.0 cm³/mol. The first-order chi connectivity index (χ1) is 6.58. The van der Waals surface area contributed by atoms with Crippen LogP contribution >= 0.6 is 0 Å². The summed E-state index contributed by atoms with van der Waals surface area (Å²) in [5, 5.41) is 12.0. The third-order valence-electron chi connectivity index (χ3n) is 2.52. The summed E-state index contributed by atoms with van der Waals surface area (Å²) in [5.74, 6) is -0.394. The van der Waals surface area contributed by atoms with Gasteiger partial charge in [-0.05, 0) is 26.2 Å². The van der Waals surface area contributed by atoms with Gasteiger partial charge in [-0.25, -0.2) is 0 Å². The van der Waals surface area contributed by atoms with Crippen LogP contribution in [-0.4, -0.2) is 22.4 Å². The molecule has 1 aliphatic rings. The quantitative estimate of drug-likeness (QED) is 0.519. The van der Waals surface area contributed by atoms with E-state index in [0.717, 1.165) is 25.7 Å². The van der Waals surface area contributed by atoms with E-state index in [4.69, 9.17) is 10.0 Å². The topological polar surface area (TPSA) is 70.9 Å². The number of nitrogens with one attached hydrogen (secondary N) is 1. The minimum atomic E-state index is -0.515. The Kier molecular flexibility index (Phi) is 3.46. The highest BCUT2D eigenvalue weighted by Crippen LogP contribution is 2.25. The van der Waals surface area contributed by atoms with Crippen molar-refractivity contribution in [2.45, 2.75) is 45.1 Å². The Balaban J connectivity index is 2.63. The molecular formula is C9H16N2O3. The average molecular weight is 200 g/mol. The number of hydrogen-bond donors (Lipinski definition) is 2. The molecule has 14 heavy (non-hydrogen) atoms. The molecule has 0 aromatic carbocycles. The van der Waals surface area contributed by atoms with Crippen LogP contribution in [0.4, 0.5) is 0 Å². The van der Waals surface area contributed by atoms with Gasteiger partial charge in [-0.15, -0.1) is 5.48 Å². The third-order valence-corrected chi connectivity index (χ3v) is 2.52. The van der Waals surface area contributed by atoms with Crippen LogP contribution in [0.25, 0.3) is 0 Å². The molecule has 0 bridgehead atoms. The molecule has 0 aromatic rings. The highest BCUT2D eigenvalue weighted by Gasteiger charge is 2.34. The van der Waals surface area contributed by atoms with Crippen LogP contribution in [-0.2, 0) is 9.63 Å². The van der Waals surface area contributed by atoms with Gasteiger partial charge in [0.1, 0.15) is 0 Å². The first-order valence-electron chi connectivity index (χ1n) is 4.74. The number of oxime groups is 1. The van der Waals surface area contributed by atoms with Gasteiger partial charge in [-0.3, -0.25) is 4.79 Å². The molecule has 0 spiro atoms. The molecule has 0 aliphatic heterocycles. The lowest BCUT2D eigenvalue weighted by atomic mass is 9.82. The van der Waals surface area contributed by atoms with Gasteiger partial charge in [0.05, 0.1) is 11.3 Å². The van der Waals surface area contributed by atoms with Gasteiger partial charge < -0.3 is 10.0 Å². The molecule has 0 aromatic heterocycles. The first kappa shape index (κ1) is 11.0. The van der Waals surface area contributed by atoms with Crippen LogP contribution in [0, 0.1) is 0 Å². The van der Waals surface area contributed by atoms with Crippen molar-refractivity contribution in [3.63, 3.8) is 0 Å². The molecule has 1 unspecified atom stereocenters. The van der Waals surface area contributed by atoms with Crippen molar-refractivity contribution in [1.29, 1.82) is 0 Å². The molecule has 0 heterocycles. The molecule has 1 aliphatic carbocycles. The molecule has 0 saturated heterocycles. The van der Waals surface area contributed by atoms with Crippen molar-refractivity contribution in [2.24, 2.45) is 5.16 Å². The summed E-state index contributed by atoms with van der Waals surface area (Å²) < 4.78 is 0. The summed E-state index contributed by atoms with van der Waals surface area (Å²) in [6, 6.07) is 0.